The first-order chi connectivity index (χ1) is 15.1. The standard InChI is InChI=1S/C24H27N3O4/c1-30-18-13-17(14-19(15-18)31-2)27-24(29)21-12-8-7-11-20(21)22(26-27)23(28)25-16-9-5-3-4-6-10-16/h7-8,11-16H,3-6,9-10H2,1-2H3,(H,25,28). The summed E-state index contributed by atoms with van der Waals surface area (Å²) in [5.74, 6) is 0.799. The molecular weight excluding hydrogens is 394 g/mol. The summed E-state index contributed by atoms with van der Waals surface area (Å²) in [5, 5.41) is 8.62. The highest BCUT2D eigenvalue weighted by Crippen LogP contribution is 2.25. The summed E-state index contributed by atoms with van der Waals surface area (Å²) in [4.78, 5) is 26.5. The van der Waals surface area contributed by atoms with E-state index in [2.05, 4.69) is 10.4 Å². The third kappa shape index (κ3) is 4.40. The fourth-order valence-electron chi connectivity index (χ4n) is 4.12. The lowest BCUT2D eigenvalue weighted by Crippen LogP contribution is -2.36. The third-order valence-corrected chi connectivity index (χ3v) is 5.79. The second-order valence-electron chi connectivity index (χ2n) is 7.84. The molecule has 31 heavy (non-hydrogen) atoms. The highest BCUT2D eigenvalue weighted by Gasteiger charge is 2.21. The van der Waals surface area contributed by atoms with Crippen molar-refractivity contribution in [2.24, 2.45) is 0 Å². The number of hydrogen-bond donors (Lipinski definition) is 1. The number of ether oxygens (including phenoxy) is 2. The Hall–Kier alpha value is -3.35. The predicted molar refractivity (Wildman–Crippen MR) is 119 cm³/mol. The highest BCUT2D eigenvalue weighted by molar-refractivity contribution is 6.05. The number of fused-ring (bicyclic) bond motifs is 1. The maximum atomic E-state index is 13.2. The summed E-state index contributed by atoms with van der Waals surface area (Å²) in [7, 11) is 3.08. The van der Waals surface area contributed by atoms with E-state index in [1.807, 2.05) is 6.07 Å². The van der Waals surface area contributed by atoms with Gasteiger partial charge >= 0.3 is 0 Å². The van der Waals surface area contributed by atoms with Crippen molar-refractivity contribution in [3.05, 3.63) is 58.5 Å². The molecule has 0 spiro atoms. The Morgan fingerprint density at radius 1 is 0.968 bits per heavy atom. The number of nitrogens with one attached hydrogen (secondary N) is 1. The van der Waals surface area contributed by atoms with Crippen molar-refractivity contribution < 1.29 is 14.3 Å². The van der Waals surface area contributed by atoms with E-state index in [4.69, 9.17) is 9.47 Å². The van der Waals surface area contributed by atoms with Crippen LogP contribution in [-0.2, 0) is 0 Å². The Balaban J connectivity index is 1.82. The van der Waals surface area contributed by atoms with Gasteiger partial charge in [0.05, 0.1) is 25.3 Å². The molecule has 4 rings (SSSR count). The Morgan fingerprint density at radius 2 is 1.58 bits per heavy atom. The first kappa shape index (κ1) is 20.9. The average molecular weight is 421 g/mol. The van der Waals surface area contributed by atoms with Crippen molar-refractivity contribution in [2.75, 3.05) is 14.2 Å². The number of amides is 1. The van der Waals surface area contributed by atoms with Crippen LogP contribution >= 0.6 is 0 Å². The number of rotatable bonds is 5. The van der Waals surface area contributed by atoms with Gasteiger partial charge in [-0.05, 0) is 18.9 Å². The molecule has 1 fully saturated rings. The van der Waals surface area contributed by atoms with Gasteiger partial charge in [0.1, 0.15) is 11.5 Å². The lowest BCUT2D eigenvalue weighted by molar-refractivity contribution is 0.0928. The Morgan fingerprint density at radius 3 is 2.19 bits per heavy atom. The van der Waals surface area contributed by atoms with Crippen LogP contribution in [-0.4, -0.2) is 35.9 Å². The molecule has 0 atom stereocenters. The zero-order valence-corrected chi connectivity index (χ0v) is 17.9. The van der Waals surface area contributed by atoms with Crippen LogP contribution in [0.25, 0.3) is 16.5 Å². The molecule has 2 aromatic carbocycles. The molecule has 3 aromatic rings. The fourth-order valence-corrected chi connectivity index (χ4v) is 4.12. The molecule has 1 amide bonds. The van der Waals surface area contributed by atoms with Gasteiger partial charge in [0.25, 0.3) is 11.5 Å². The van der Waals surface area contributed by atoms with E-state index >= 15 is 0 Å². The van der Waals surface area contributed by atoms with Crippen LogP contribution in [0.1, 0.15) is 49.0 Å². The second-order valence-corrected chi connectivity index (χ2v) is 7.84. The molecule has 1 aliphatic carbocycles. The van der Waals surface area contributed by atoms with Gasteiger partial charge in [-0.15, -0.1) is 0 Å². The molecule has 0 bridgehead atoms. The molecule has 7 nitrogen and oxygen atoms in total. The van der Waals surface area contributed by atoms with Crippen molar-refractivity contribution in [3.8, 4) is 17.2 Å². The van der Waals surface area contributed by atoms with E-state index < -0.39 is 0 Å². The first-order valence-corrected chi connectivity index (χ1v) is 10.7. The monoisotopic (exact) mass is 421 g/mol. The maximum Gasteiger partial charge on any atom is 0.279 e. The van der Waals surface area contributed by atoms with E-state index in [9.17, 15) is 9.59 Å². The summed E-state index contributed by atoms with van der Waals surface area (Å²) in [5.41, 5.74) is 0.397. The Bertz CT molecular complexity index is 1130. The summed E-state index contributed by atoms with van der Waals surface area (Å²) in [6.45, 7) is 0. The molecule has 1 saturated carbocycles. The fraction of sp³-hybridized carbons (Fsp3) is 0.375. The molecule has 1 aliphatic rings. The van der Waals surface area contributed by atoms with Crippen LogP contribution in [0.5, 0.6) is 11.5 Å². The number of methoxy groups -OCH3 is 2. The largest absolute Gasteiger partial charge is 0.497 e. The minimum Gasteiger partial charge on any atom is -0.497 e. The van der Waals surface area contributed by atoms with Gasteiger partial charge in [-0.25, -0.2) is 0 Å². The van der Waals surface area contributed by atoms with Crippen molar-refractivity contribution in [1.29, 1.82) is 0 Å². The average Bonchev–Trinajstić information content (AvgIpc) is 3.07. The van der Waals surface area contributed by atoms with E-state index in [1.54, 1.807) is 50.6 Å². The van der Waals surface area contributed by atoms with Gasteiger partial charge in [-0.1, -0.05) is 43.9 Å². The molecule has 1 N–H and O–H groups in total. The minimum absolute atomic E-state index is 0.132. The molecule has 0 unspecified atom stereocenters. The zero-order chi connectivity index (χ0) is 21.8. The lowest BCUT2D eigenvalue weighted by atomic mass is 10.1. The van der Waals surface area contributed by atoms with Gasteiger partial charge in [-0.3, -0.25) is 9.59 Å². The minimum atomic E-state index is -0.308. The molecule has 162 valence electrons. The van der Waals surface area contributed by atoms with Crippen LogP contribution in [0.4, 0.5) is 0 Å². The van der Waals surface area contributed by atoms with Gasteiger partial charge in [0, 0.05) is 29.6 Å². The lowest BCUT2D eigenvalue weighted by Gasteiger charge is -2.17. The van der Waals surface area contributed by atoms with Gasteiger partial charge in [0.2, 0.25) is 0 Å². The first-order valence-electron chi connectivity index (χ1n) is 10.7. The van der Waals surface area contributed by atoms with Gasteiger partial charge in [-0.2, -0.15) is 9.78 Å². The second kappa shape index (κ2) is 9.20. The summed E-state index contributed by atoms with van der Waals surface area (Å²) < 4.78 is 11.9. The van der Waals surface area contributed by atoms with Crippen molar-refractivity contribution in [1.82, 2.24) is 15.1 Å². The number of benzene rings is 2. The van der Waals surface area contributed by atoms with E-state index in [-0.39, 0.29) is 23.2 Å². The predicted octanol–water partition coefficient (Wildman–Crippen LogP) is 3.86. The molecular formula is C24H27N3O4. The number of aromatic nitrogens is 2. The van der Waals surface area contributed by atoms with E-state index in [0.717, 1.165) is 25.7 Å². The normalized spacial score (nSPS) is 14.8. The van der Waals surface area contributed by atoms with E-state index in [0.29, 0.717) is 28.0 Å². The maximum absolute atomic E-state index is 13.2. The quantitative estimate of drug-likeness (QED) is 0.633. The Labute approximate surface area is 181 Å². The Kier molecular flexibility index (Phi) is 6.21. The van der Waals surface area contributed by atoms with Gasteiger partial charge in [0.15, 0.2) is 5.69 Å². The molecule has 0 radical (unpaired) electrons. The number of carbonyl (C=O) groups excluding carboxylic acids is 1. The van der Waals surface area contributed by atoms with E-state index in [1.165, 1.54) is 17.5 Å². The topological polar surface area (TPSA) is 82.4 Å². The van der Waals surface area contributed by atoms with Gasteiger partial charge < -0.3 is 14.8 Å². The molecule has 1 aromatic heterocycles. The van der Waals surface area contributed by atoms with Crippen molar-refractivity contribution >= 4 is 16.7 Å². The van der Waals surface area contributed by atoms with Crippen LogP contribution < -0.4 is 20.3 Å². The SMILES string of the molecule is COc1cc(OC)cc(-n2nc(C(=O)NC3CCCCCC3)c3ccccc3c2=O)c1. The highest BCUT2D eigenvalue weighted by atomic mass is 16.5. The van der Waals surface area contributed by atoms with Crippen LogP contribution in [0.3, 0.4) is 0 Å². The molecule has 0 saturated heterocycles. The molecule has 0 aliphatic heterocycles. The summed E-state index contributed by atoms with van der Waals surface area (Å²) in [6.07, 6.45) is 6.57. The zero-order valence-electron chi connectivity index (χ0n) is 17.9. The van der Waals surface area contributed by atoms with Crippen LogP contribution in [0.2, 0.25) is 0 Å². The molecule has 7 heteroatoms. The van der Waals surface area contributed by atoms with Crippen molar-refractivity contribution in [3.63, 3.8) is 0 Å². The number of carbonyl (C=O) groups is 1. The van der Waals surface area contributed by atoms with Crippen LogP contribution in [0.15, 0.2) is 47.3 Å². The summed E-state index contributed by atoms with van der Waals surface area (Å²) in [6, 6.07) is 12.3. The van der Waals surface area contributed by atoms with Crippen molar-refractivity contribution in [2.45, 2.75) is 44.6 Å². The number of hydrogen-bond acceptors (Lipinski definition) is 5. The third-order valence-electron chi connectivity index (χ3n) is 5.79. The van der Waals surface area contributed by atoms with Crippen LogP contribution in [0, 0.1) is 0 Å². The smallest absolute Gasteiger partial charge is 0.279 e. The number of nitrogens with zero attached hydrogens (tertiary/aromatic N) is 2. The summed E-state index contributed by atoms with van der Waals surface area (Å²) >= 11 is 0. The molecule has 1 heterocycles.